The van der Waals surface area contributed by atoms with E-state index < -0.39 is 5.92 Å². The zero-order valence-electron chi connectivity index (χ0n) is 15.2. The van der Waals surface area contributed by atoms with Crippen molar-refractivity contribution in [1.82, 2.24) is 0 Å². The molecule has 0 aliphatic carbocycles. The molecule has 3 heteroatoms. The number of ketones is 1. The second-order valence-electron chi connectivity index (χ2n) is 6.95. The SMILES string of the molecule is CC(=O)C1C(=O)N(Cc2ccccc2)c2ccccc2C1c1ccccc1. The predicted octanol–water partition coefficient (Wildman–Crippen LogP) is 4.57. The highest BCUT2D eigenvalue weighted by atomic mass is 16.2. The van der Waals surface area contributed by atoms with Gasteiger partial charge in [0.05, 0.1) is 6.54 Å². The molecule has 27 heavy (non-hydrogen) atoms. The minimum atomic E-state index is -0.703. The average Bonchev–Trinajstić information content (AvgIpc) is 2.71. The molecule has 2 atom stereocenters. The third-order valence-electron chi connectivity index (χ3n) is 5.21. The lowest BCUT2D eigenvalue weighted by Crippen LogP contribution is -2.46. The highest BCUT2D eigenvalue weighted by Gasteiger charge is 2.43. The van der Waals surface area contributed by atoms with Gasteiger partial charge in [-0.1, -0.05) is 78.9 Å². The van der Waals surface area contributed by atoms with Gasteiger partial charge in [-0.3, -0.25) is 9.59 Å². The molecule has 134 valence electrons. The van der Waals surface area contributed by atoms with Gasteiger partial charge in [0.15, 0.2) is 0 Å². The van der Waals surface area contributed by atoms with E-state index in [0.29, 0.717) is 6.54 Å². The van der Waals surface area contributed by atoms with Gasteiger partial charge in [-0.2, -0.15) is 0 Å². The van der Waals surface area contributed by atoms with Gasteiger partial charge < -0.3 is 4.90 Å². The summed E-state index contributed by atoms with van der Waals surface area (Å²) in [5.41, 5.74) is 3.95. The second-order valence-corrected chi connectivity index (χ2v) is 6.95. The molecular weight excluding hydrogens is 334 g/mol. The zero-order chi connectivity index (χ0) is 18.8. The number of hydrogen-bond donors (Lipinski definition) is 0. The molecule has 1 aliphatic rings. The smallest absolute Gasteiger partial charge is 0.238 e. The topological polar surface area (TPSA) is 37.4 Å². The Hall–Kier alpha value is -3.20. The van der Waals surface area contributed by atoms with E-state index in [2.05, 4.69) is 0 Å². The molecule has 3 aromatic rings. The van der Waals surface area contributed by atoms with E-state index in [-0.39, 0.29) is 17.6 Å². The number of hydrogen-bond acceptors (Lipinski definition) is 2. The number of carbonyl (C=O) groups excluding carboxylic acids is 2. The van der Waals surface area contributed by atoms with Crippen molar-refractivity contribution in [3.05, 3.63) is 102 Å². The van der Waals surface area contributed by atoms with Crippen LogP contribution in [0.25, 0.3) is 0 Å². The fourth-order valence-corrected chi connectivity index (χ4v) is 3.98. The third-order valence-corrected chi connectivity index (χ3v) is 5.21. The maximum atomic E-state index is 13.4. The average molecular weight is 355 g/mol. The summed E-state index contributed by atoms with van der Waals surface area (Å²) in [5, 5.41) is 0. The molecule has 0 aromatic heterocycles. The monoisotopic (exact) mass is 355 g/mol. The van der Waals surface area contributed by atoms with Crippen molar-refractivity contribution in [2.24, 2.45) is 5.92 Å². The minimum Gasteiger partial charge on any atom is -0.307 e. The number of para-hydroxylation sites is 1. The molecule has 2 unspecified atom stereocenters. The lowest BCUT2D eigenvalue weighted by molar-refractivity contribution is -0.132. The molecule has 3 nitrogen and oxygen atoms in total. The molecular formula is C24H21NO2. The van der Waals surface area contributed by atoms with Crippen LogP contribution in [0.4, 0.5) is 5.69 Å². The number of anilines is 1. The molecule has 0 fully saturated rings. The van der Waals surface area contributed by atoms with E-state index in [1.165, 1.54) is 6.92 Å². The van der Waals surface area contributed by atoms with Crippen LogP contribution < -0.4 is 4.90 Å². The largest absolute Gasteiger partial charge is 0.307 e. The highest BCUT2D eigenvalue weighted by Crippen LogP contribution is 2.44. The summed E-state index contributed by atoms with van der Waals surface area (Å²) < 4.78 is 0. The molecule has 3 aromatic carbocycles. The molecule has 0 N–H and O–H groups in total. The third kappa shape index (κ3) is 3.17. The Labute approximate surface area is 159 Å². The van der Waals surface area contributed by atoms with Crippen molar-refractivity contribution in [3.8, 4) is 0 Å². The Morgan fingerprint density at radius 1 is 0.852 bits per heavy atom. The van der Waals surface area contributed by atoms with Crippen LogP contribution in [0.1, 0.15) is 29.5 Å². The minimum absolute atomic E-state index is 0.0959. The number of benzene rings is 3. The van der Waals surface area contributed by atoms with E-state index in [1.807, 2.05) is 84.9 Å². The number of carbonyl (C=O) groups is 2. The molecule has 1 aliphatic heterocycles. The van der Waals surface area contributed by atoms with Crippen LogP contribution in [-0.4, -0.2) is 11.7 Å². The molecule has 4 rings (SSSR count). The van der Waals surface area contributed by atoms with Crippen LogP contribution in [0.2, 0.25) is 0 Å². The first-order valence-electron chi connectivity index (χ1n) is 9.16. The molecule has 0 radical (unpaired) electrons. The first-order valence-corrected chi connectivity index (χ1v) is 9.16. The van der Waals surface area contributed by atoms with Gasteiger partial charge in [0, 0.05) is 11.6 Å². The van der Waals surface area contributed by atoms with Crippen molar-refractivity contribution in [3.63, 3.8) is 0 Å². The Kier molecular flexibility index (Phi) is 4.59. The van der Waals surface area contributed by atoms with E-state index in [4.69, 9.17) is 0 Å². The number of Topliss-reactive ketones (excluding diaryl/α,β-unsaturated/α-hetero) is 1. The highest BCUT2D eigenvalue weighted by molar-refractivity contribution is 6.11. The predicted molar refractivity (Wildman–Crippen MR) is 107 cm³/mol. The molecule has 0 spiro atoms. The maximum Gasteiger partial charge on any atom is 0.238 e. The van der Waals surface area contributed by atoms with Gasteiger partial charge in [-0.15, -0.1) is 0 Å². The summed E-state index contributed by atoms with van der Waals surface area (Å²) in [7, 11) is 0. The fourth-order valence-electron chi connectivity index (χ4n) is 3.98. The summed E-state index contributed by atoms with van der Waals surface area (Å²) >= 11 is 0. The van der Waals surface area contributed by atoms with Crippen LogP contribution >= 0.6 is 0 Å². The Morgan fingerprint density at radius 3 is 2.11 bits per heavy atom. The Morgan fingerprint density at radius 2 is 1.44 bits per heavy atom. The summed E-state index contributed by atoms with van der Waals surface area (Å²) in [6, 6.07) is 27.7. The summed E-state index contributed by atoms with van der Waals surface area (Å²) in [5.74, 6) is -1.18. The van der Waals surface area contributed by atoms with Crippen molar-refractivity contribution in [2.75, 3.05) is 4.90 Å². The molecule has 1 amide bonds. The zero-order valence-corrected chi connectivity index (χ0v) is 15.2. The van der Waals surface area contributed by atoms with Crippen molar-refractivity contribution >= 4 is 17.4 Å². The van der Waals surface area contributed by atoms with Crippen molar-refractivity contribution in [2.45, 2.75) is 19.4 Å². The molecule has 1 heterocycles. The van der Waals surface area contributed by atoms with Gasteiger partial charge in [0.2, 0.25) is 5.91 Å². The first kappa shape index (κ1) is 17.2. The van der Waals surface area contributed by atoms with Gasteiger partial charge in [0.1, 0.15) is 11.7 Å². The lowest BCUT2D eigenvalue weighted by atomic mass is 9.74. The van der Waals surface area contributed by atoms with E-state index in [9.17, 15) is 9.59 Å². The fraction of sp³-hybridized carbons (Fsp3) is 0.167. The van der Waals surface area contributed by atoms with Crippen molar-refractivity contribution < 1.29 is 9.59 Å². The molecule has 0 saturated carbocycles. The number of fused-ring (bicyclic) bond motifs is 1. The Bertz CT molecular complexity index is 966. The Balaban J connectivity index is 1.86. The summed E-state index contributed by atoms with van der Waals surface area (Å²) in [6.45, 7) is 1.98. The molecule has 0 bridgehead atoms. The van der Waals surface area contributed by atoms with Gasteiger partial charge in [-0.05, 0) is 29.7 Å². The summed E-state index contributed by atoms with van der Waals surface area (Å²) in [6.07, 6.45) is 0. The number of rotatable bonds is 4. The molecule has 0 saturated heterocycles. The van der Waals surface area contributed by atoms with Gasteiger partial charge in [-0.25, -0.2) is 0 Å². The maximum absolute atomic E-state index is 13.4. The van der Waals surface area contributed by atoms with Crippen LogP contribution in [0.15, 0.2) is 84.9 Å². The standard InChI is InChI=1S/C24H21NO2/c1-17(26)22-23(19-12-6-3-7-13-19)20-14-8-9-15-21(20)25(24(22)27)16-18-10-4-2-5-11-18/h2-15,22-23H,16H2,1H3. The van der Waals surface area contributed by atoms with Crippen LogP contribution in [0, 0.1) is 5.92 Å². The number of nitrogens with zero attached hydrogens (tertiary/aromatic N) is 1. The lowest BCUT2D eigenvalue weighted by Gasteiger charge is -2.39. The van der Waals surface area contributed by atoms with E-state index in [1.54, 1.807) is 4.90 Å². The second kappa shape index (κ2) is 7.20. The van der Waals surface area contributed by atoms with E-state index in [0.717, 1.165) is 22.4 Å². The quantitative estimate of drug-likeness (QED) is 0.643. The summed E-state index contributed by atoms with van der Waals surface area (Å²) in [4.78, 5) is 27.7. The van der Waals surface area contributed by atoms with Gasteiger partial charge >= 0.3 is 0 Å². The van der Waals surface area contributed by atoms with Crippen LogP contribution in [0.5, 0.6) is 0 Å². The van der Waals surface area contributed by atoms with Gasteiger partial charge in [0.25, 0.3) is 0 Å². The van der Waals surface area contributed by atoms with E-state index >= 15 is 0 Å². The normalized spacial score (nSPS) is 18.9. The number of amides is 1. The van der Waals surface area contributed by atoms with Crippen LogP contribution in [0.3, 0.4) is 0 Å². The van der Waals surface area contributed by atoms with Crippen molar-refractivity contribution in [1.29, 1.82) is 0 Å². The first-order chi connectivity index (χ1) is 13.2. The van der Waals surface area contributed by atoms with Crippen LogP contribution in [-0.2, 0) is 16.1 Å².